The number of hydrogen-bond donors (Lipinski definition) is 3. The Hall–Kier alpha value is -4.73. The zero-order chi connectivity index (χ0) is 25.5. The summed E-state index contributed by atoms with van der Waals surface area (Å²) in [4.78, 5) is 37.9. The molecule has 4 rings (SSSR count). The second kappa shape index (κ2) is 11.1. The molecule has 0 fully saturated rings. The minimum atomic E-state index is -0.394. The number of amides is 1. The fourth-order valence-electron chi connectivity index (χ4n) is 3.76. The van der Waals surface area contributed by atoms with Gasteiger partial charge >= 0.3 is 0 Å². The second-order valence-electron chi connectivity index (χ2n) is 8.18. The van der Waals surface area contributed by atoms with Gasteiger partial charge in [0.2, 0.25) is 5.91 Å². The van der Waals surface area contributed by atoms with Crippen molar-refractivity contribution >= 4 is 22.8 Å². The number of rotatable bonds is 11. The zero-order valence-electron chi connectivity index (χ0n) is 20.1. The van der Waals surface area contributed by atoms with Crippen LogP contribution in [0.25, 0.3) is 22.3 Å². The van der Waals surface area contributed by atoms with E-state index in [1.165, 1.54) is 4.57 Å². The van der Waals surface area contributed by atoms with Gasteiger partial charge in [-0.05, 0) is 29.7 Å². The number of pyridine rings is 1. The number of H-pyrrole nitrogens is 1. The number of allylic oxidation sites excluding steroid dienone is 3. The van der Waals surface area contributed by atoms with Gasteiger partial charge in [0.15, 0.2) is 5.82 Å². The molecule has 10 heteroatoms. The number of carbonyl (C=O) groups excluding carboxylic acids is 1. The number of aryl methyl sites for hydroxylation is 1. The lowest BCUT2D eigenvalue weighted by Crippen LogP contribution is -2.34. The van der Waals surface area contributed by atoms with Crippen LogP contribution >= 0.6 is 0 Å². The summed E-state index contributed by atoms with van der Waals surface area (Å²) in [7, 11) is 1.78. The molecule has 0 saturated heterocycles. The molecule has 0 spiro atoms. The number of carbonyl (C=O) groups is 1. The van der Waals surface area contributed by atoms with Crippen LogP contribution in [0.4, 0.5) is 5.82 Å². The topological polar surface area (TPSA) is 123 Å². The van der Waals surface area contributed by atoms with Gasteiger partial charge in [0.05, 0.1) is 18.1 Å². The fourth-order valence-corrected chi connectivity index (χ4v) is 3.76. The molecule has 0 saturated carbocycles. The van der Waals surface area contributed by atoms with E-state index in [-0.39, 0.29) is 18.3 Å². The van der Waals surface area contributed by atoms with E-state index in [4.69, 9.17) is 0 Å². The summed E-state index contributed by atoms with van der Waals surface area (Å²) >= 11 is 0. The molecule has 0 radical (unpaired) electrons. The molecule has 0 aromatic carbocycles. The number of aromatic amines is 1. The molecule has 0 atom stereocenters. The first-order valence-corrected chi connectivity index (χ1v) is 11.4. The van der Waals surface area contributed by atoms with Crippen LogP contribution in [0.5, 0.6) is 0 Å². The van der Waals surface area contributed by atoms with Crippen LogP contribution in [-0.2, 0) is 24.9 Å². The Morgan fingerprint density at radius 2 is 2.08 bits per heavy atom. The third-order valence-corrected chi connectivity index (χ3v) is 5.60. The standard InChI is InChI=1S/C26H28N8O2/c1-4-6-18(5-2)7-9-28-25-26(36)34(22(15-31-25)21-14-32-33(3)16-21)17-23(35)29-12-19-11-20-8-10-27-24(20)30-13-19/h4-6,8,10-11,13-16H,1-2,7,9,12,17H2,3H3,(H,27,30)(H,28,31)(H,29,35)/b18-6+. The monoisotopic (exact) mass is 484 g/mol. The van der Waals surface area contributed by atoms with E-state index in [0.717, 1.165) is 22.2 Å². The van der Waals surface area contributed by atoms with Crippen molar-refractivity contribution < 1.29 is 4.79 Å². The smallest absolute Gasteiger partial charge is 0.294 e. The third-order valence-electron chi connectivity index (χ3n) is 5.60. The molecule has 184 valence electrons. The van der Waals surface area contributed by atoms with Crippen molar-refractivity contribution in [2.24, 2.45) is 7.05 Å². The maximum atomic E-state index is 13.3. The molecule has 4 aromatic heterocycles. The summed E-state index contributed by atoms with van der Waals surface area (Å²) in [6.45, 7) is 8.07. The molecule has 1 amide bonds. The largest absolute Gasteiger partial charge is 0.365 e. The Labute approximate surface area is 208 Å². The minimum absolute atomic E-state index is 0.166. The van der Waals surface area contributed by atoms with E-state index in [1.54, 1.807) is 48.7 Å². The summed E-state index contributed by atoms with van der Waals surface area (Å²) in [5.74, 6) is -0.143. The maximum absolute atomic E-state index is 13.3. The number of fused-ring (bicyclic) bond motifs is 1. The predicted octanol–water partition coefficient (Wildman–Crippen LogP) is 2.94. The van der Waals surface area contributed by atoms with Crippen molar-refractivity contribution in [3.63, 3.8) is 0 Å². The van der Waals surface area contributed by atoms with Crippen LogP contribution in [0.2, 0.25) is 0 Å². The number of anilines is 1. The van der Waals surface area contributed by atoms with Crippen LogP contribution in [0.3, 0.4) is 0 Å². The lowest BCUT2D eigenvalue weighted by molar-refractivity contribution is -0.121. The Kier molecular flexibility index (Phi) is 7.54. The van der Waals surface area contributed by atoms with Gasteiger partial charge in [-0.3, -0.25) is 18.8 Å². The molecule has 36 heavy (non-hydrogen) atoms. The highest BCUT2D eigenvalue weighted by Gasteiger charge is 2.16. The van der Waals surface area contributed by atoms with E-state index < -0.39 is 5.56 Å². The van der Waals surface area contributed by atoms with Gasteiger partial charge in [-0.1, -0.05) is 31.4 Å². The number of nitrogens with zero attached hydrogens (tertiary/aromatic N) is 5. The average molecular weight is 485 g/mol. The predicted molar refractivity (Wildman–Crippen MR) is 140 cm³/mol. The van der Waals surface area contributed by atoms with E-state index in [9.17, 15) is 9.59 Å². The van der Waals surface area contributed by atoms with Crippen LogP contribution in [0, 0.1) is 0 Å². The first-order chi connectivity index (χ1) is 17.5. The van der Waals surface area contributed by atoms with Gasteiger partial charge in [-0.2, -0.15) is 5.10 Å². The molecular weight excluding hydrogens is 456 g/mol. The summed E-state index contributed by atoms with van der Waals surface area (Å²) < 4.78 is 3.03. The van der Waals surface area contributed by atoms with Crippen LogP contribution in [-0.4, -0.2) is 41.8 Å². The highest BCUT2D eigenvalue weighted by molar-refractivity contribution is 5.78. The Bertz CT molecular complexity index is 1490. The third kappa shape index (κ3) is 5.66. The lowest BCUT2D eigenvalue weighted by Gasteiger charge is -2.14. The van der Waals surface area contributed by atoms with Gasteiger partial charge in [0, 0.05) is 49.7 Å². The van der Waals surface area contributed by atoms with Crippen LogP contribution in [0.15, 0.2) is 84.9 Å². The molecule has 4 aromatic rings. The van der Waals surface area contributed by atoms with Crippen molar-refractivity contribution in [2.45, 2.75) is 19.5 Å². The number of aromatic nitrogens is 6. The normalized spacial score (nSPS) is 11.4. The molecule has 0 unspecified atom stereocenters. The van der Waals surface area contributed by atoms with E-state index in [0.29, 0.717) is 30.8 Å². The molecule has 4 heterocycles. The summed E-state index contributed by atoms with van der Waals surface area (Å²) in [6, 6.07) is 3.88. The molecule has 0 bridgehead atoms. The summed E-state index contributed by atoms with van der Waals surface area (Å²) in [5.41, 5.74) is 3.42. The van der Waals surface area contributed by atoms with E-state index in [2.05, 4.69) is 43.8 Å². The number of nitrogens with one attached hydrogen (secondary N) is 3. The summed E-state index contributed by atoms with van der Waals surface area (Å²) in [5, 5.41) is 11.1. The quantitative estimate of drug-likeness (QED) is 0.281. The van der Waals surface area contributed by atoms with Gasteiger partial charge in [0.1, 0.15) is 12.2 Å². The molecule has 0 aliphatic heterocycles. The Balaban J connectivity index is 1.52. The van der Waals surface area contributed by atoms with Gasteiger partial charge in [0.25, 0.3) is 5.56 Å². The van der Waals surface area contributed by atoms with E-state index >= 15 is 0 Å². The maximum Gasteiger partial charge on any atom is 0.294 e. The Morgan fingerprint density at radius 3 is 2.83 bits per heavy atom. The highest BCUT2D eigenvalue weighted by atomic mass is 16.2. The van der Waals surface area contributed by atoms with Crippen LogP contribution in [0.1, 0.15) is 12.0 Å². The molecule has 10 nitrogen and oxygen atoms in total. The number of hydrogen-bond acceptors (Lipinski definition) is 6. The molecular formula is C26H28N8O2. The van der Waals surface area contributed by atoms with Crippen molar-refractivity contribution in [3.8, 4) is 11.3 Å². The molecule has 3 N–H and O–H groups in total. The van der Waals surface area contributed by atoms with Gasteiger partial charge in [-0.25, -0.2) is 9.97 Å². The highest BCUT2D eigenvalue weighted by Crippen LogP contribution is 2.17. The SMILES string of the molecule is C=C/C=C(\C=C)CCNc1ncc(-c2cnn(C)c2)n(CC(=O)NCc2cnc3[nH]ccc3c2)c1=O. The minimum Gasteiger partial charge on any atom is -0.365 e. The fraction of sp³-hybridized carbons (Fsp3) is 0.192. The van der Waals surface area contributed by atoms with Crippen LogP contribution < -0.4 is 16.2 Å². The summed E-state index contributed by atoms with van der Waals surface area (Å²) in [6.07, 6.45) is 14.4. The molecule has 0 aliphatic carbocycles. The Morgan fingerprint density at radius 1 is 1.22 bits per heavy atom. The van der Waals surface area contributed by atoms with Crippen molar-refractivity contribution in [3.05, 3.63) is 96.0 Å². The van der Waals surface area contributed by atoms with Crippen molar-refractivity contribution in [2.75, 3.05) is 11.9 Å². The zero-order valence-corrected chi connectivity index (χ0v) is 20.1. The average Bonchev–Trinajstić information content (AvgIpc) is 3.52. The molecule has 0 aliphatic rings. The van der Waals surface area contributed by atoms with Gasteiger partial charge in [-0.15, -0.1) is 0 Å². The first kappa shape index (κ1) is 24.4. The van der Waals surface area contributed by atoms with Gasteiger partial charge < -0.3 is 15.6 Å². The lowest BCUT2D eigenvalue weighted by atomic mass is 10.1. The second-order valence-corrected chi connectivity index (χ2v) is 8.18. The van der Waals surface area contributed by atoms with Crippen molar-refractivity contribution in [1.29, 1.82) is 0 Å². The first-order valence-electron chi connectivity index (χ1n) is 11.4. The van der Waals surface area contributed by atoms with Crippen molar-refractivity contribution in [1.82, 2.24) is 34.6 Å². The van der Waals surface area contributed by atoms with E-state index in [1.807, 2.05) is 24.4 Å².